The van der Waals surface area contributed by atoms with Gasteiger partial charge in [0.15, 0.2) is 0 Å². The number of benzene rings is 2. The minimum Gasteiger partial charge on any atom is -0.387 e. The maximum Gasteiger partial charge on any atom is 0.235 e. The molecule has 2 aromatic rings. The predicted molar refractivity (Wildman–Crippen MR) is 111 cm³/mol. The second kappa shape index (κ2) is 9.36. The van der Waals surface area contributed by atoms with E-state index in [0.717, 1.165) is 18.5 Å². The normalized spacial score (nSPS) is 14.6. The lowest BCUT2D eigenvalue weighted by Crippen LogP contribution is -2.48. The summed E-state index contributed by atoms with van der Waals surface area (Å²) < 4.78 is 0. The number of carbonyl (C=O) groups is 1. The molecule has 0 heterocycles. The van der Waals surface area contributed by atoms with Crippen LogP contribution < -0.4 is 0 Å². The van der Waals surface area contributed by atoms with E-state index in [-0.39, 0.29) is 5.91 Å². The summed E-state index contributed by atoms with van der Waals surface area (Å²) >= 11 is 6.16. The molecule has 0 aromatic heterocycles. The van der Waals surface area contributed by atoms with Crippen molar-refractivity contribution in [2.45, 2.75) is 24.4 Å². The number of aliphatic hydroxyl groups excluding tert-OH is 1. The van der Waals surface area contributed by atoms with Crippen LogP contribution in [0.25, 0.3) is 0 Å². The molecule has 1 amide bonds. The lowest BCUT2D eigenvalue weighted by atomic mass is 9.69. The molecule has 27 heavy (non-hydrogen) atoms. The van der Waals surface area contributed by atoms with Crippen molar-refractivity contribution in [3.8, 4) is 0 Å². The van der Waals surface area contributed by atoms with E-state index >= 15 is 0 Å². The standard InChI is InChI=1S/C22H29ClN2O2/c1-24(2)15-9-14-22(21(27)25(3)4,18-11-6-5-7-12-18)20(26)17-10-8-13-19(23)16-17/h5-8,10-13,16,20,26H,9,14-15H2,1-4H3. The van der Waals surface area contributed by atoms with Crippen molar-refractivity contribution in [1.29, 1.82) is 0 Å². The number of aliphatic hydroxyl groups is 1. The Labute approximate surface area is 167 Å². The average Bonchev–Trinajstić information content (AvgIpc) is 2.64. The highest BCUT2D eigenvalue weighted by Crippen LogP contribution is 2.43. The van der Waals surface area contributed by atoms with Crippen LogP contribution in [0.3, 0.4) is 0 Å². The zero-order chi connectivity index (χ0) is 20.0. The number of hydrogen-bond donors (Lipinski definition) is 1. The number of amides is 1. The molecule has 1 N–H and O–H groups in total. The summed E-state index contributed by atoms with van der Waals surface area (Å²) in [5.41, 5.74) is 0.382. The molecular formula is C22H29ClN2O2. The number of rotatable bonds is 8. The highest BCUT2D eigenvalue weighted by molar-refractivity contribution is 6.30. The first-order valence-corrected chi connectivity index (χ1v) is 9.52. The minimum atomic E-state index is -1.08. The maximum atomic E-state index is 13.5. The van der Waals surface area contributed by atoms with Gasteiger partial charge in [-0.15, -0.1) is 0 Å². The van der Waals surface area contributed by atoms with E-state index in [1.165, 1.54) is 0 Å². The average molecular weight is 389 g/mol. The van der Waals surface area contributed by atoms with Crippen molar-refractivity contribution in [3.63, 3.8) is 0 Å². The summed E-state index contributed by atoms with van der Waals surface area (Å²) in [4.78, 5) is 17.1. The summed E-state index contributed by atoms with van der Waals surface area (Å²) in [7, 11) is 7.48. The van der Waals surface area contributed by atoms with Gasteiger partial charge in [0.2, 0.25) is 5.91 Å². The molecule has 0 aliphatic rings. The predicted octanol–water partition coefficient (Wildman–Crippen LogP) is 3.74. The second-order valence-electron chi connectivity index (χ2n) is 7.40. The first kappa shape index (κ1) is 21.4. The lowest BCUT2D eigenvalue weighted by Gasteiger charge is -2.39. The van der Waals surface area contributed by atoms with Gasteiger partial charge in [0.05, 0.1) is 6.10 Å². The molecule has 0 saturated heterocycles. The van der Waals surface area contributed by atoms with Gasteiger partial charge >= 0.3 is 0 Å². The Balaban J connectivity index is 2.60. The molecule has 4 nitrogen and oxygen atoms in total. The summed E-state index contributed by atoms with van der Waals surface area (Å²) in [6.45, 7) is 0.831. The molecule has 2 unspecified atom stereocenters. The molecule has 2 atom stereocenters. The number of likely N-dealkylation sites (N-methyl/N-ethyl adjacent to an activating group) is 1. The minimum absolute atomic E-state index is 0.111. The van der Waals surface area contributed by atoms with Crippen molar-refractivity contribution in [2.24, 2.45) is 0 Å². The number of halogens is 1. The summed E-state index contributed by atoms with van der Waals surface area (Å²) in [5, 5.41) is 12.0. The molecular weight excluding hydrogens is 360 g/mol. The van der Waals surface area contributed by atoms with E-state index in [2.05, 4.69) is 4.90 Å². The van der Waals surface area contributed by atoms with E-state index < -0.39 is 11.5 Å². The summed E-state index contributed by atoms with van der Waals surface area (Å²) in [6.07, 6.45) is 0.301. The van der Waals surface area contributed by atoms with Crippen LogP contribution in [0.4, 0.5) is 0 Å². The third-order valence-electron chi connectivity index (χ3n) is 4.88. The first-order chi connectivity index (χ1) is 12.8. The van der Waals surface area contributed by atoms with Gasteiger partial charge in [-0.3, -0.25) is 4.79 Å². The Morgan fingerprint density at radius 1 is 1.07 bits per heavy atom. The van der Waals surface area contributed by atoms with E-state index in [9.17, 15) is 9.90 Å². The Kier molecular flexibility index (Phi) is 7.42. The Hall–Kier alpha value is -1.88. The highest BCUT2D eigenvalue weighted by atomic mass is 35.5. The third kappa shape index (κ3) is 4.89. The van der Waals surface area contributed by atoms with Crippen molar-refractivity contribution >= 4 is 17.5 Å². The largest absolute Gasteiger partial charge is 0.387 e. The number of carbonyl (C=O) groups excluding carboxylic acids is 1. The van der Waals surface area contributed by atoms with E-state index in [0.29, 0.717) is 17.0 Å². The molecule has 0 aliphatic carbocycles. The Morgan fingerprint density at radius 3 is 2.30 bits per heavy atom. The zero-order valence-corrected chi connectivity index (χ0v) is 17.3. The van der Waals surface area contributed by atoms with Crippen LogP contribution in [0, 0.1) is 0 Å². The summed E-state index contributed by atoms with van der Waals surface area (Å²) in [5.74, 6) is -0.111. The van der Waals surface area contributed by atoms with Crippen LogP contribution in [-0.2, 0) is 10.2 Å². The van der Waals surface area contributed by atoms with Gasteiger partial charge < -0.3 is 14.9 Å². The van der Waals surface area contributed by atoms with Crippen molar-refractivity contribution < 1.29 is 9.90 Å². The second-order valence-corrected chi connectivity index (χ2v) is 7.84. The Morgan fingerprint density at radius 2 is 1.74 bits per heavy atom. The molecule has 0 aliphatic heterocycles. The van der Waals surface area contributed by atoms with Gasteiger partial charge in [-0.1, -0.05) is 54.1 Å². The third-order valence-corrected chi connectivity index (χ3v) is 5.12. The highest BCUT2D eigenvalue weighted by Gasteiger charge is 2.47. The molecule has 0 radical (unpaired) electrons. The quantitative estimate of drug-likeness (QED) is 0.749. The van der Waals surface area contributed by atoms with Crippen molar-refractivity contribution in [1.82, 2.24) is 9.80 Å². The molecule has 0 fully saturated rings. The van der Waals surface area contributed by atoms with Crippen LogP contribution in [0.2, 0.25) is 5.02 Å². The smallest absolute Gasteiger partial charge is 0.235 e. The van der Waals surface area contributed by atoms with Crippen molar-refractivity contribution in [2.75, 3.05) is 34.7 Å². The molecule has 2 rings (SSSR count). The number of hydrogen-bond acceptors (Lipinski definition) is 3. The van der Waals surface area contributed by atoms with Crippen LogP contribution in [0.15, 0.2) is 54.6 Å². The van der Waals surface area contributed by atoms with Gasteiger partial charge in [-0.2, -0.15) is 0 Å². The van der Waals surface area contributed by atoms with Crippen LogP contribution >= 0.6 is 11.6 Å². The SMILES string of the molecule is CN(C)CCCC(C(=O)N(C)C)(c1ccccc1)C(O)c1cccc(Cl)c1. The summed E-state index contributed by atoms with van der Waals surface area (Å²) in [6, 6.07) is 16.7. The van der Waals surface area contributed by atoms with E-state index in [1.807, 2.05) is 50.5 Å². The van der Waals surface area contributed by atoms with Crippen LogP contribution in [0.1, 0.15) is 30.1 Å². The van der Waals surface area contributed by atoms with Gasteiger partial charge in [-0.25, -0.2) is 0 Å². The Bertz CT molecular complexity index is 749. The first-order valence-electron chi connectivity index (χ1n) is 9.14. The monoisotopic (exact) mass is 388 g/mol. The van der Waals surface area contributed by atoms with Gasteiger partial charge in [-0.05, 0) is 56.7 Å². The molecule has 0 bridgehead atoms. The van der Waals surface area contributed by atoms with E-state index in [1.54, 1.807) is 37.2 Å². The van der Waals surface area contributed by atoms with Gasteiger partial charge in [0, 0.05) is 19.1 Å². The molecule has 5 heteroatoms. The van der Waals surface area contributed by atoms with Crippen molar-refractivity contribution in [3.05, 3.63) is 70.7 Å². The molecule has 146 valence electrons. The molecule has 0 spiro atoms. The zero-order valence-electron chi connectivity index (χ0n) is 16.5. The fraction of sp³-hybridized carbons (Fsp3) is 0.409. The van der Waals surface area contributed by atoms with Gasteiger partial charge in [0.25, 0.3) is 0 Å². The number of nitrogens with zero attached hydrogens (tertiary/aromatic N) is 2. The molecule has 2 aromatic carbocycles. The topological polar surface area (TPSA) is 43.8 Å². The fourth-order valence-electron chi connectivity index (χ4n) is 3.56. The van der Waals surface area contributed by atoms with Crippen LogP contribution in [-0.4, -0.2) is 55.5 Å². The maximum absolute atomic E-state index is 13.5. The fourth-order valence-corrected chi connectivity index (χ4v) is 3.75. The van der Waals surface area contributed by atoms with E-state index in [4.69, 9.17) is 11.6 Å². The molecule has 0 saturated carbocycles. The van der Waals surface area contributed by atoms with Gasteiger partial charge in [0.1, 0.15) is 5.41 Å². The van der Waals surface area contributed by atoms with Crippen LogP contribution in [0.5, 0.6) is 0 Å². The lowest BCUT2D eigenvalue weighted by molar-refractivity contribution is -0.140.